The molecule has 0 saturated carbocycles. The van der Waals surface area contributed by atoms with Crippen molar-refractivity contribution in [2.75, 3.05) is 0 Å². The van der Waals surface area contributed by atoms with Gasteiger partial charge in [-0.05, 0) is 97.6 Å². The summed E-state index contributed by atoms with van der Waals surface area (Å²) in [5.41, 5.74) is 2.62. The van der Waals surface area contributed by atoms with Crippen LogP contribution in [-0.2, 0) is 37.5 Å². The molecule has 2 nitrogen and oxygen atoms in total. The van der Waals surface area contributed by atoms with E-state index in [1.165, 1.54) is 176 Å². The predicted molar refractivity (Wildman–Crippen MR) is 226 cm³/mol. The van der Waals surface area contributed by atoms with E-state index in [4.69, 9.17) is 33.1 Å². The lowest BCUT2D eigenvalue weighted by molar-refractivity contribution is 0.494. The summed E-state index contributed by atoms with van der Waals surface area (Å²) in [7, 11) is 0. The zero-order chi connectivity index (χ0) is 35.4. The zero-order valence-electron chi connectivity index (χ0n) is 32.4. The Morgan fingerprint density at radius 2 is 0.714 bits per heavy atom. The number of thiol groups is 1. The highest BCUT2D eigenvalue weighted by molar-refractivity contribution is 8.60. The lowest BCUT2D eigenvalue weighted by Gasteiger charge is -2.24. The summed E-state index contributed by atoms with van der Waals surface area (Å²) in [4.78, 5) is 0. The molecule has 2 rings (SSSR count). The third-order valence-corrected chi connectivity index (χ3v) is 11.8. The summed E-state index contributed by atoms with van der Waals surface area (Å²) in [5.74, 6) is 1.80. The molecule has 280 valence electrons. The molecule has 2 aromatic carbocycles. The highest BCUT2D eigenvalue weighted by Crippen LogP contribution is 2.55. The number of unbranched alkanes of at least 4 members (excludes halogenated alkanes) is 20. The smallest absolute Gasteiger partial charge is 0.345 e. The van der Waals surface area contributed by atoms with Gasteiger partial charge in [0.2, 0.25) is 0 Å². The maximum atomic E-state index is 6.70. The molecule has 5 heteroatoms. The molecule has 0 amide bonds. The van der Waals surface area contributed by atoms with Gasteiger partial charge in [0, 0.05) is 0 Å². The van der Waals surface area contributed by atoms with E-state index in [2.05, 4.69) is 64.1 Å². The molecule has 0 aliphatic heterocycles. The second kappa shape index (κ2) is 28.6. The maximum Gasteiger partial charge on any atom is 0.345 e. The first-order chi connectivity index (χ1) is 24.0. The Kier molecular flexibility index (Phi) is 25.8. The van der Waals surface area contributed by atoms with Crippen molar-refractivity contribution in [1.29, 1.82) is 0 Å². The molecule has 0 heterocycles. The topological polar surface area (TPSA) is 18.5 Å². The first-order valence-corrected chi connectivity index (χ1v) is 24.7. The van der Waals surface area contributed by atoms with Crippen LogP contribution in [-0.4, -0.2) is 0 Å². The van der Waals surface area contributed by atoms with Gasteiger partial charge in [-0.3, -0.25) is 0 Å². The van der Waals surface area contributed by atoms with Crippen LogP contribution in [0.2, 0.25) is 0 Å². The zero-order valence-corrected chi connectivity index (χ0v) is 35.0. The first kappa shape index (κ1) is 44.2. The molecule has 2 aromatic rings. The quantitative estimate of drug-likeness (QED) is 0.0459. The van der Waals surface area contributed by atoms with Crippen molar-refractivity contribution in [3.8, 4) is 11.5 Å². The van der Waals surface area contributed by atoms with Gasteiger partial charge in [-0.2, -0.15) is 0 Å². The van der Waals surface area contributed by atoms with Crippen molar-refractivity contribution in [1.82, 2.24) is 0 Å². The highest BCUT2D eigenvalue weighted by atomic mass is 32.9. The van der Waals surface area contributed by atoms with Crippen LogP contribution >= 0.6 is 17.9 Å². The monoisotopic (exact) mass is 730 g/mol. The Balaban J connectivity index is 2.21. The van der Waals surface area contributed by atoms with Crippen LogP contribution in [0.4, 0.5) is 0 Å². The van der Waals surface area contributed by atoms with Crippen LogP contribution < -0.4 is 9.05 Å². The molecule has 0 aromatic heterocycles. The maximum absolute atomic E-state index is 6.70. The summed E-state index contributed by atoms with van der Waals surface area (Å²) in [6, 6.07) is 13.2. The fourth-order valence-electron chi connectivity index (χ4n) is 7.05. The Labute approximate surface area is 315 Å². The highest BCUT2D eigenvalue weighted by Gasteiger charge is 2.23. The molecule has 0 radical (unpaired) electrons. The number of hydrogen-bond acceptors (Lipinski definition) is 3. The van der Waals surface area contributed by atoms with Crippen molar-refractivity contribution >= 4 is 29.7 Å². The Hall–Kier alpha value is -0.960. The van der Waals surface area contributed by atoms with Crippen LogP contribution in [0, 0.1) is 0 Å². The fraction of sp³-hybridized carbons (Fsp3) is 0.727. The van der Waals surface area contributed by atoms with Crippen LogP contribution in [0.1, 0.15) is 204 Å². The minimum Gasteiger partial charge on any atom is -0.428 e. The average molecular weight is 731 g/mol. The molecule has 0 atom stereocenters. The molecule has 0 unspecified atom stereocenters. The van der Waals surface area contributed by atoms with Gasteiger partial charge >= 0.3 is 5.69 Å². The van der Waals surface area contributed by atoms with Crippen molar-refractivity contribution in [2.24, 2.45) is 0 Å². The van der Waals surface area contributed by atoms with Gasteiger partial charge < -0.3 is 9.05 Å². The van der Waals surface area contributed by atoms with Gasteiger partial charge in [-0.15, -0.1) is 0 Å². The summed E-state index contributed by atoms with van der Waals surface area (Å²) in [5, 5.41) is 0. The molecule has 0 N–H and O–H groups in total. The minimum absolute atomic E-state index is 0.899. The van der Waals surface area contributed by atoms with Crippen molar-refractivity contribution in [2.45, 2.75) is 207 Å². The van der Waals surface area contributed by atoms with Gasteiger partial charge in [0.15, 0.2) is 0 Å². The second-order valence-corrected chi connectivity index (χ2v) is 19.6. The SMILES string of the molecule is CCCCCCCCc1cccc(OP(=S)(S)Oc2cccc(CCCCCCCC)c2CCCCCCCC)c1CCCCCCCC. The van der Waals surface area contributed by atoms with E-state index in [0.29, 0.717) is 0 Å². The van der Waals surface area contributed by atoms with E-state index < -0.39 is 5.69 Å². The lowest BCUT2D eigenvalue weighted by Crippen LogP contribution is -2.04. The van der Waals surface area contributed by atoms with Crippen molar-refractivity contribution in [3.05, 3.63) is 58.7 Å². The molecule has 49 heavy (non-hydrogen) atoms. The summed E-state index contributed by atoms with van der Waals surface area (Å²) in [6.07, 6.45) is 35.5. The van der Waals surface area contributed by atoms with Crippen molar-refractivity contribution < 1.29 is 9.05 Å². The molecule has 0 fully saturated rings. The fourth-order valence-corrected chi connectivity index (χ4v) is 8.94. The van der Waals surface area contributed by atoms with Crippen LogP contribution in [0.15, 0.2) is 36.4 Å². The predicted octanol–water partition coefficient (Wildman–Crippen LogP) is 15.9. The number of hydrogen-bond donors (Lipinski definition) is 1. The summed E-state index contributed by atoms with van der Waals surface area (Å²) in [6.45, 7) is 9.15. The third-order valence-electron chi connectivity index (χ3n) is 10.0. The number of rotatable bonds is 32. The van der Waals surface area contributed by atoms with Gasteiger partial charge in [-0.25, -0.2) is 0 Å². The molecular formula is C44H75O2PS2. The first-order valence-electron chi connectivity index (χ1n) is 20.9. The number of aryl methyl sites for hydroxylation is 2. The molecule has 0 bridgehead atoms. The van der Waals surface area contributed by atoms with E-state index in [0.717, 1.165) is 37.2 Å². The normalized spacial score (nSPS) is 11.7. The molecule has 0 aliphatic carbocycles. The van der Waals surface area contributed by atoms with Crippen LogP contribution in [0.3, 0.4) is 0 Å². The summed E-state index contributed by atoms with van der Waals surface area (Å²) < 4.78 is 13.4. The Bertz CT molecular complexity index is 1060. The lowest BCUT2D eigenvalue weighted by atomic mass is 9.95. The molecule has 0 aliphatic rings. The van der Waals surface area contributed by atoms with Crippen LogP contribution in [0.25, 0.3) is 0 Å². The van der Waals surface area contributed by atoms with Gasteiger partial charge in [0.05, 0.1) is 0 Å². The van der Waals surface area contributed by atoms with E-state index in [1.807, 2.05) is 0 Å². The van der Waals surface area contributed by atoms with Crippen LogP contribution in [0.5, 0.6) is 11.5 Å². The van der Waals surface area contributed by atoms with E-state index in [1.54, 1.807) is 0 Å². The van der Waals surface area contributed by atoms with Gasteiger partial charge in [0.25, 0.3) is 0 Å². The molecule has 0 saturated heterocycles. The van der Waals surface area contributed by atoms with Gasteiger partial charge in [0.1, 0.15) is 11.5 Å². The number of benzene rings is 2. The van der Waals surface area contributed by atoms with E-state index in [9.17, 15) is 0 Å². The van der Waals surface area contributed by atoms with Crippen molar-refractivity contribution in [3.63, 3.8) is 0 Å². The average Bonchev–Trinajstić information content (AvgIpc) is 3.08. The molecule has 0 spiro atoms. The largest absolute Gasteiger partial charge is 0.428 e. The summed E-state index contributed by atoms with van der Waals surface area (Å²) >= 11 is 11.1. The van der Waals surface area contributed by atoms with E-state index in [-0.39, 0.29) is 0 Å². The van der Waals surface area contributed by atoms with E-state index >= 15 is 0 Å². The van der Waals surface area contributed by atoms with Gasteiger partial charge in [-0.1, -0.05) is 193 Å². The minimum atomic E-state index is -2.90. The Morgan fingerprint density at radius 3 is 1.04 bits per heavy atom. The third kappa shape index (κ3) is 20.0. The second-order valence-electron chi connectivity index (χ2n) is 14.5. The standard InChI is InChI=1S/C44H75O2PS2/c1-5-9-13-17-21-25-31-39-33-29-37-43(41(39)35-27-23-19-15-11-7-3)45-47(48,49)46-44-38-30-34-40(32-26-22-18-14-10-6-2)42(44)36-28-24-20-16-12-8-4/h29-30,33-34,37-38H,5-28,31-32,35-36H2,1-4H3,(H,48,49). The molecular weight excluding hydrogens is 656 g/mol. The Morgan fingerprint density at radius 1 is 0.429 bits per heavy atom.